The third-order valence-electron chi connectivity index (χ3n) is 2.23. The highest BCUT2D eigenvalue weighted by atomic mass is 16.1. The summed E-state index contributed by atoms with van der Waals surface area (Å²) in [6.45, 7) is 3.71. The molecule has 0 aliphatic rings. The first-order valence-electron chi connectivity index (χ1n) is 5.16. The zero-order chi connectivity index (χ0) is 12.1. The van der Waals surface area contributed by atoms with Gasteiger partial charge in [-0.1, -0.05) is 24.8 Å². The van der Waals surface area contributed by atoms with Crippen molar-refractivity contribution in [1.82, 2.24) is 20.1 Å². The Labute approximate surface area is 98.8 Å². The molecule has 1 heterocycles. The number of rotatable bonds is 4. The summed E-state index contributed by atoms with van der Waals surface area (Å²) in [5.41, 5.74) is 0.910. The van der Waals surface area contributed by atoms with Gasteiger partial charge in [-0.15, -0.1) is 0 Å². The largest absolute Gasteiger partial charge is 0.345 e. The van der Waals surface area contributed by atoms with Crippen molar-refractivity contribution in [2.45, 2.75) is 6.54 Å². The van der Waals surface area contributed by atoms with Crippen LogP contribution in [-0.4, -0.2) is 20.7 Å². The summed E-state index contributed by atoms with van der Waals surface area (Å²) in [6, 6.07) is 9.62. The number of hydrogen-bond acceptors (Lipinski definition) is 3. The molecular formula is C12H12N4O. The molecule has 1 amide bonds. The van der Waals surface area contributed by atoms with Gasteiger partial charge in [0.25, 0.3) is 0 Å². The molecule has 0 aliphatic heterocycles. The lowest BCUT2D eigenvalue weighted by atomic mass is 10.3. The van der Waals surface area contributed by atoms with E-state index >= 15 is 0 Å². The molecule has 0 fully saturated rings. The van der Waals surface area contributed by atoms with Crippen LogP contribution in [0.15, 0.2) is 49.3 Å². The van der Waals surface area contributed by atoms with Crippen molar-refractivity contribution in [3.8, 4) is 5.69 Å². The van der Waals surface area contributed by atoms with Gasteiger partial charge in [0.15, 0.2) is 5.82 Å². The summed E-state index contributed by atoms with van der Waals surface area (Å²) in [4.78, 5) is 15.2. The van der Waals surface area contributed by atoms with E-state index in [1.807, 2.05) is 30.3 Å². The smallest absolute Gasteiger partial charge is 0.243 e. The number of carbonyl (C=O) groups is 1. The molecule has 0 aliphatic carbocycles. The molecule has 1 aromatic carbocycles. The van der Waals surface area contributed by atoms with E-state index in [1.165, 1.54) is 12.4 Å². The Kier molecular flexibility index (Phi) is 3.30. The van der Waals surface area contributed by atoms with E-state index in [4.69, 9.17) is 0 Å². The van der Waals surface area contributed by atoms with Crippen molar-refractivity contribution in [2.24, 2.45) is 0 Å². The number of aromatic nitrogens is 3. The molecule has 0 spiro atoms. The quantitative estimate of drug-likeness (QED) is 0.796. The number of carbonyl (C=O) groups excluding carboxylic acids is 1. The summed E-state index contributed by atoms with van der Waals surface area (Å²) in [6.07, 6.45) is 2.69. The zero-order valence-corrected chi connectivity index (χ0v) is 9.21. The van der Waals surface area contributed by atoms with Crippen LogP contribution in [0.3, 0.4) is 0 Å². The molecule has 2 aromatic rings. The van der Waals surface area contributed by atoms with Crippen molar-refractivity contribution in [2.75, 3.05) is 0 Å². The van der Waals surface area contributed by atoms with Crippen LogP contribution in [-0.2, 0) is 11.3 Å². The maximum Gasteiger partial charge on any atom is 0.243 e. The van der Waals surface area contributed by atoms with E-state index in [0.29, 0.717) is 12.4 Å². The average Bonchev–Trinajstić information content (AvgIpc) is 2.85. The fourth-order valence-corrected chi connectivity index (χ4v) is 1.41. The van der Waals surface area contributed by atoms with Crippen LogP contribution in [0.25, 0.3) is 5.69 Å². The average molecular weight is 228 g/mol. The predicted molar refractivity (Wildman–Crippen MR) is 63.4 cm³/mol. The Hall–Kier alpha value is -2.43. The topological polar surface area (TPSA) is 59.8 Å². The second-order valence-electron chi connectivity index (χ2n) is 3.35. The second-order valence-corrected chi connectivity index (χ2v) is 3.35. The number of benzene rings is 1. The van der Waals surface area contributed by atoms with Gasteiger partial charge in [0.2, 0.25) is 5.91 Å². The van der Waals surface area contributed by atoms with Crippen LogP contribution < -0.4 is 5.32 Å². The Balaban J connectivity index is 2.18. The van der Waals surface area contributed by atoms with Gasteiger partial charge in [-0.25, -0.2) is 9.67 Å². The van der Waals surface area contributed by atoms with Crippen molar-refractivity contribution in [3.05, 3.63) is 55.1 Å². The van der Waals surface area contributed by atoms with Crippen LogP contribution in [0.4, 0.5) is 0 Å². The Morgan fingerprint density at radius 3 is 2.88 bits per heavy atom. The van der Waals surface area contributed by atoms with Gasteiger partial charge >= 0.3 is 0 Å². The van der Waals surface area contributed by atoms with Crippen molar-refractivity contribution >= 4 is 5.91 Å². The molecule has 1 aromatic heterocycles. The molecule has 0 bridgehead atoms. The highest BCUT2D eigenvalue weighted by molar-refractivity contribution is 5.86. The Morgan fingerprint density at radius 2 is 2.18 bits per heavy atom. The highest BCUT2D eigenvalue weighted by Gasteiger charge is 2.06. The normalized spacial score (nSPS) is 9.88. The molecule has 17 heavy (non-hydrogen) atoms. The van der Waals surface area contributed by atoms with Crippen LogP contribution in [0.2, 0.25) is 0 Å². The van der Waals surface area contributed by atoms with Crippen molar-refractivity contribution in [1.29, 1.82) is 0 Å². The minimum atomic E-state index is -0.229. The van der Waals surface area contributed by atoms with Gasteiger partial charge in [-0.3, -0.25) is 4.79 Å². The van der Waals surface area contributed by atoms with Crippen molar-refractivity contribution in [3.63, 3.8) is 0 Å². The lowest BCUT2D eigenvalue weighted by Crippen LogP contribution is -2.22. The molecule has 1 N–H and O–H groups in total. The maximum atomic E-state index is 11.1. The molecule has 0 unspecified atom stereocenters. The first-order chi connectivity index (χ1) is 8.31. The molecule has 0 radical (unpaired) electrons. The minimum absolute atomic E-state index is 0.229. The first kappa shape index (κ1) is 11.1. The molecular weight excluding hydrogens is 216 g/mol. The van der Waals surface area contributed by atoms with E-state index in [1.54, 1.807) is 4.68 Å². The Morgan fingerprint density at radius 1 is 1.41 bits per heavy atom. The standard InChI is InChI=1S/C12H12N4O/c1-2-12(17)13-8-11-14-9-15-16(11)10-6-4-3-5-7-10/h2-7,9H,1,8H2,(H,13,17). The van der Waals surface area contributed by atoms with Gasteiger partial charge in [0.05, 0.1) is 12.2 Å². The van der Waals surface area contributed by atoms with Crippen LogP contribution in [0.5, 0.6) is 0 Å². The van der Waals surface area contributed by atoms with E-state index < -0.39 is 0 Å². The van der Waals surface area contributed by atoms with Gasteiger partial charge in [0, 0.05) is 0 Å². The summed E-state index contributed by atoms with van der Waals surface area (Å²) < 4.78 is 1.68. The van der Waals surface area contributed by atoms with Crippen molar-refractivity contribution < 1.29 is 4.79 Å². The minimum Gasteiger partial charge on any atom is -0.345 e. The third-order valence-corrected chi connectivity index (χ3v) is 2.23. The molecule has 2 rings (SSSR count). The summed E-state index contributed by atoms with van der Waals surface area (Å²) in [7, 11) is 0. The SMILES string of the molecule is C=CC(=O)NCc1ncnn1-c1ccccc1. The number of nitrogens with zero attached hydrogens (tertiary/aromatic N) is 3. The van der Waals surface area contributed by atoms with Gasteiger partial charge < -0.3 is 5.32 Å². The lowest BCUT2D eigenvalue weighted by molar-refractivity contribution is -0.116. The molecule has 0 saturated heterocycles. The number of hydrogen-bond donors (Lipinski definition) is 1. The van der Waals surface area contributed by atoms with Gasteiger partial charge in [-0.2, -0.15) is 5.10 Å². The number of amides is 1. The molecule has 0 saturated carbocycles. The number of nitrogens with one attached hydrogen (secondary N) is 1. The zero-order valence-electron chi connectivity index (χ0n) is 9.21. The predicted octanol–water partition coefficient (Wildman–Crippen LogP) is 1.07. The summed E-state index contributed by atoms with van der Waals surface area (Å²) in [5.74, 6) is 0.444. The summed E-state index contributed by atoms with van der Waals surface area (Å²) in [5, 5.41) is 6.78. The van der Waals surface area contributed by atoms with Gasteiger partial charge in [-0.05, 0) is 18.2 Å². The molecule has 5 nitrogen and oxygen atoms in total. The lowest BCUT2D eigenvalue weighted by Gasteiger charge is -2.05. The summed E-state index contributed by atoms with van der Waals surface area (Å²) >= 11 is 0. The molecule has 5 heteroatoms. The monoisotopic (exact) mass is 228 g/mol. The Bertz CT molecular complexity index is 518. The van der Waals surface area contributed by atoms with Crippen LogP contribution in [0, 0.1) is 0 Å². The van der Waals surface area contributed by atoms with E-state index in [2.05, 4.69) is 22.0 Å². The van der Waals surface area contributed by atoms with E-state index in [-0.39, 0.29) is 5.91 Å². The fraction of sp³-hybridized carbons (Fsp3) is 0.0833. The molecule has 0 atom stereocenters. The third kappa shape index (κ3) is 2.57. The number of para-hydroxylation sites is 1. The second kappa shape index (κ2) is 5.07. The van der Waals surface area contributed by atoms with E-state index in [9.17, 15) is 4.79 Å². The first-order valence-corrected chi connectivity index (χ1v) is 5.16. The van der Waals surface area contributed by atoms with Crippen LogP contribution in [0.1, 0.15) is 5.82 Å². The van der Waals surface area contributed by atoms with Crippen LogP contribution >= 0.6 is 0 Å². The fourth-order valence-electron chi connectivity index (χ4n) is 1.41. The highest BCUT2D eigenvalue weighted by Crippen LogP contribution is 2.07. The van der Waals surface area contributed by atoms with Gasteiger partial charge in [0.1, 0.15) is 6.33 Å². The maximum absolute atomic E-state index is 11.1. The van der Waals surface area contributed by atoms with E-state index in [0.717, 1.165) is 5.69 Å². The molecule has 86 valence electrons.